The number of hydrogen-bond donors (Lipinski definition) is 0. The Kier molecular flexibility index (Phi) is 2.97. The lowest BCUT2D eigenvalue weighted by molar-refractivity contribution is 0.533. The molecule has 1 heterocycles. The van der Waals surface area contributed by atoms with Gasteiger partial charge in [-0.2, -0.15) is 0 Å². The fraction of sp³-hybridized carbons (Fsp3) is 0.571. The van der Waals surface area contributed by atoms with E-state index in [9.17, 15) is 8.42 Å². The molecule has 2 rings (SSSR count). The minimum atomic E-state index is -3.25. The Hall–Kier alpha value is -1.03. The maximum atomic E-state index is 12.6. The van der Waals surface area contributed by atoms with Gasteiger partial charge < -0.3 is 4.90 Å². The normalized spacial score (nSPS) is 20.9. The maximum absolute atomic E-state index is 12.6. The number of hydrogen-bond acceptors (Lipinski definition) is 3. The van der Waals surface area contributed by atoms with Crippen LogP contribution in [0.3, 0.4) is 0 Å². The Morgan fingerprint density at radius 1 is 1.28 bits per heavy atom. The molecular weight excluding hydrogens is 246 g/mol. The third kappa shape index (κ3) is 1.74. The second-order valence-corrected chi connectivity index (χ2v) is 8.52. The lowest BCUT2D eigenvalue weighted by Crippen LogP contribution is -2.48. The van der Waals surface area contributed by atoms with E-state index in [2.05, 4.69) is 18.7 Å². The van der Waals surface area contributed by atoms with Crippen molar-refractivity contribution in [1.29, 1.82) is 0 Å². The third-order valence-electron chi connectivity index (χ3n) is 3.67. The molecule has 0 atom stereocenters. The quantitative estimate of drug-likeness (QED) is 0.785. The summed E-state index contributed by atoms with van der Waals surface area (Å²) < 4.78 is 24.5. The highest BCUT2D eigenvalue weighted by atomic mass is 32.2. The highest BCUT2D eigenvalue weighted by Gasteiger charge is 2.43. The van der Waals surface area contributed by atoms with E-state index in [1.807, 2.05) is 19.2 Å². The van der Waals surface area contributed by atoms with E-state index in [-0.39, 0.29) is 0 Å². The Morgan fingerprint density at radius 3 is 2.44 bits per heavy atom. The van der Waals surface area contributed by atoms with Gasteiger partial charge in [0.15, 0.2) is 9.84 Å². The van der Waals surface area contributed by atoms with Crippen molar-refractivity contribution in [3.05, 3.63) is 23.8 Å². The maximum Gasteiger partial charge on any atom is 0.187 e. The Morgan fingerprint density at radius 2 is 1.89 bits per heavy atom. The van der Waals surface area contributed by atoms with E-state index in [1.165, 1.54) is 0 Å². The SMILES string of the molecule is CC(C)c1cccc2c1N(C)CC(C)(C)S2(=O)=O. The largest absolute Gasteiger partial charge is 0.372 e. The zero-order valence-electron chi connectivity index (χ0n) is 11.7. The van der Waals surface area contributed by atoms with Gasteiger partial charge in [0.1, 0.15) is 0 Å². The molecule has 100 valence electrons. The topological polar surface area (TPSA) is 37.4 Å². The molecule has 0 saturated carbocycles. The molecule has 0 saturated heterocycles. The van der Waals surface area contributed by atoms with Crippen LogP contribution in [0.1, 0.15) is 39.2 Å². The van der Waals surface area contributed by atoms with Crippen LogP contribution >= 0.6 is 0 Å². The first-order valence-corrected chi connectivity index (χ1v) is 7.75. The van der Waals surface area contributed by atoms with E-state index in [4.69, 9.17) is 0 Å². The van der Waals surface area contributed by atoms with E-state index < -0.39 is 14.6 Å². The molecule has 0 amide bonds. The van der Waals surface area contributed by atoms with Gasteiger partial charge in [0.05, 0.1) is 15.3 Å². The van der Waals surface area contributed by atoms with Crippen molar-refractivity contribution in [1.82, 2.24) is 0 Å². The van der Waals surface area contributed by atoms with Crippen LogP contribution in [0, 0.1) is 0 Å². The van der Waals surface area contributed by atoms with Crippen LogP contribution in [-0.4, -0.2) is 26.8 Å². The van der Waals surface area contributed by atoms with E-state index in [0.717, 1.165) is 11.3 Å². The molecule has 0 aromatic heterocycles. The molecule has 18 heavy (non-hydrogen) atoms. The first kappa shape index (κ1) is 13.4. The molecule has 0 spiro atoms. The van der Waals surface area contributed by atoms with Gasteiger partial charge in [-0.1, -0.05) is 26.0 Å². The zero-order chi connectivity index (χ0) is 13.7. The molecule has 1 aliphatic rings. The first-order valence-electron chi connectivity index (χ1n) is 6.27. The van der Waals surface area contributed by atoms with Gasteiger partial charge in [-0.25, -0.2) is 8.42 Å². The molecule has 0 radical (unpaired) electrons. The molecule has 0 bridgehead atoms. The van der Waals surface area contributed by atoms with Gasteiger partial charge in [-0.05, 0) is 31.4 Å². The van der Waals surface area contributed by atoms with E-state index >= 15 is 0 Å². The first-order chi connectivity index (χ1) is 8.18. The summed E-state index contributed by atoms with van der Waals surface area (Å²) in [7, 11) is -1.28. The number of nitrogens with zero attached hydrogens (tertiary/aromatic N) is 1. The van der Waals surface area contributed by atoms with Crippen LogP contribution in [0.5, 0.6) is 0 Å². The average molecular weight is 267 g/mol. The zero-order valence-corrected chi connectivity index (χ0v) is 12.5. The van der Waals surface area contributed by atoms with Crippen LogP contribution < -0.4 is 4.90 Å². The summed E-state index contributed by atoms with van der Waals surface area (Å²) in [4.78, 5) is 2.55. The van der Waals surface area contributed by atoms with Crippen LogP contribution in [0.15, 0.2) is 23.1 Å². The molecule has 1 aromatic rings. The van der Waals surface area contributed by atoms with Gasteiger partial charge >= 0.3 is 0 Å². The summed E-state index contributed by atoms with van der Waals surface area (Å²) in [6, 6.07) is 5.60. The lowest BCUT2D eigenvalue weighted by atomic mass is 9.99. The van der Waals surface area contributed by atoms with Crippen LogP contribution in [0.4, 0.5) is 5.69 Å². The minimum Gasteiger partial charge on any atom is -0.372 e. The van der Waals surface area contributed by atoms with Crippen molar-refractivity contribution < 1.29 is 8.42 Å². The lowest BCUT2D eigenvalue weighted by Gasteiger charge is -2.39. The second-order valence-electron chi connectivity index (χ2n) is 5.97. The number of para-hydroxylation sites is 1. The molecule has 3 nitrogen and oxygen atoms in total. The molecule has 4 heteroatoms. The summed E-state index contributed by atoms with van der Waals surface area (Å²) in [5, 5.41) is 0. The Balaban J connectivity index is 2.79. The summed E-state index contributed by atoms with van der Waals surface area (Å²) >= 11 is 0. The van der Waals surface area contributed by atoms with Crippen molar-refractivity contribution in [3.8, 4) is 0 Å². The number of benzene rings is 1. The second kappa shape index (κ2) is 3.98. The van der Waals surface area contributed by atoms with Gasteiger partial charge in [-0.15, -0.1) is 0 Å². The fourth-order valence-corrected chi connectivity index (χ4v) is 4.41. The Bertz CT molecular complexity index is 573. The van der Waals surface area contributed by atoms with Gasteiger partial charge in [0, 0.05) is 13.6 Å². The average Bonchev–Trinajstić information content (AvgIpc) is 2.25. The van der Waals surface area contributed by atoms with Crippen LogP contribution in [-0.2, 0) is 9.84 Å². The highest BCUT2D eigenvalue weighted by Crippen LogP contribution is 2.42. The summed E-state index contributed by atoms with van der Waals surface area (Å²) in [5.41, 5.74) is 1.99. The predicted molar refractivity (Wildman–Crippen MR) is 75.1 cm³/mol. The summed E-state index contributed by atoms with van der Waals surface area (Å²) in [6.07, 6.45) is 0. The van der Waals surface area contributed by atoms with E-state index in [0.29, 0.717) is 17.4 Å². The smallest absolute Gasteiger partial charge is 0.187 e. The van der Waals surface area contributed by atoms with Crippen LogP contribution in [0.2, 0.25) is 0 Å². The third-order valence-corrected chi connectivity index (χ3v) is 6.16. The fourth-order valence-electron chi connectivity index (χ4n) is 2.66. The molecule has 0 aliphatic carbocycles. The van der Waals surface area contributed by atoms with Crippen molar-refractivity contribution in [2.45, 2.75) is 43.3 Å². The molecule has 1 aromatic carbocycles. The number of fused-ring (bicyclic) bond motifs is 1. The van der Waals surface area contributed by atoms with Gasteiger partial charge in [-0.3, -0.25) is 0 Å². The highest BCUT2D eigenvalue weighted by molar-refractivity contribution is 7.93. The van der Waals surface area contributed by atoms with Crippen molar-refractivity contribution in [2.24, 2.45) is 0 Å². The predicted octanol–water partition coefficient (Wildman–Crippen LogP) is 2.81. The standard InChI is InChI=1S/C14H21NO2S/c1-10(2)11-7-6-8-12-13(11)15(5)9-14(3,4)18(12,16)17/h6-8,10H,9H2,1-5H3. The number of rotatable bonds is 1. The molecule has 0 fully saturated rings. The van der Waals surface area contributed by atoms with Crippen molar-refractivity contribution in [2.75, 3.05) is 18.5 Å². The van der Waals surface area contributed by atoms with Gasteiger partial charge in [0.2, 0.25) is 0 Å². The minimum absolute atomic E-state index is 0.318. The van der Waals surface area contributed by atoms with Crippen LogP contribution in [0.25, 0.3) is 0 Å². The molecule has 0 unspecified atom stereocenters. The molecule has 0 N–H and O–H groups in total. The van der Waals surface area contributed by atoms with Crippen molar-refractivity contribution >= 4 is 15.5 Å². The monoisotopic (exact) mass is 267 g/mol. The molecule has 1 aliphatic heterocycles. The number of anilines is 1. The summed E-state index contributed by atoms with van der Waals surface area (Å²) in [6.45, 7) is 8.31. The molecular formula is C14H21NO2S. The van der Waals surface area contributed by atoms with E-state index in [1.54, 1.807) is 19.9 Å². The number of sulfone groups is 1. The van der Waals surface area contributed by atoms with Crippen molar-refractivity contribution in [3.63, 3.8) is 0 Å². The summed E-state index contributed by atoms with van der Waals surface area (Å²) in [5.74, 6) is 0.318. The van der Waals surface area contributed by atoms with Gasteiger partial charge in [0.25, 0.3) is 0 Å². The Labute approximate surface area is 110 Å².